The fourth-order valence-electron chi connectivity index (χ4n) is 3.42. The highest BCUT2D eigenvalue weighted by Gasteiger charge is 2.30. The lowest BCUT2D eigenvalue weighted by Crippen LogP contribution is -2.45. The van der Waals surface area contributed by atoms with Crippen molar-refractivity contribution in [2.45, 2.75) is 25.7 Å². The molecule has 1 aromatic carbocycles. The number of nitrogens with zero attached hydrogens (tertiary/aromatic N) is 2. The van der Waals surface area contributed by atoms with Gasteiger partial charge >= 0.3 is 0 Å². The largest absolute Gasteiger partial charge is 0.376 e. The van der Waals surface area contributed by atoms with E-state index >= 15 is 0 Å². The van der Waals surface area contributed by atoms with E-state index in [1.54, 1.807) is 0 Å². The molecule has 5 nitrogen and oxygen atoms in total. The van der Waals surface area contributed by atoms with Crippen molar-refractivity contribution in [2.24, 2.45) is 5.92 Å². The Morgan fingerprint density at radius 3 is 2.26 bits per heavy atom. The van der Waals surface area contributed by atoms with Crippen molar-refractivity contribution in [1.82, 2.24) is 9.80 Å². The maximum absolute atomic E-state index is 12.4. The number of benzene rings is 1. The summed E-state index contributed by atoms with van der Waals surface area (Å²) in [4.78, 5) is 28.5. The Morgan fingerprint density at radius 2 is 1.61 bits per heavy atom. The molecule has 0 unspecified atom stereocenters. The smallest absolute Gasteiger partial charge is 0.241 e. The maximum Gasteiger partial charge on any atom is 0.241 e. The highest BCUT2D eigenvalue weighted by molar-refractivity contribution is 5.82. The Balaban J connectivity index is 1.43. The Labute approximate surface area is 137 Å². The lowest BCUT2D eigenvalue weighted by atomic mass is 9.95. The molecule has 0 atom stereocenters. The van der Waals surface area contributed by atoms with E-state index in [9.17, 15) is 9.59 Å². The van der Waals surface area contributed by atoms with Gasteiger partial charge in [0.2, 0.25) is 11.8 Å². The van der Waals surface area contributed by atoms with Crippen LogP contribution in [-0.4, -0.2) is 54.3 Å². The zero-order valence-corrected chi connectivity index (χ0v) is 13.5. The molecule has 3 rings (SSSR count). The van der Waals surface area contributed by atoms with E-state index in [0.717, 1.165) is 44.5 Å². The number of piperidine rings is 1. The molecule has 2 aliphatic heterocycles. The molecule has 2 fully saturated rings. The summed E-state index contributed by atoms with van der Waals surface area (Å²) >= 11 is 0. The van der Waals surface area contributed by atoms with Gasteiger partial charge in [-0.2, -0.15) is 0 Å². The van der Waals surface area contributed by atoms with Gasteiger partial charge in [-0.15, -0.1) is 0 Å². The number of carbonyl (C=O) groups is 2. The average molecular weight is 315 g/mol. The van der Waals surface area contributed by atoms with Crippen molar-refractivity contribution in [2.75, 3.05) is 38.0 Å². The number of hydrogen-bond donors (Lipinski definition) is 1. The highest BCUT2D eigenvalue weighted by atomic mass is 16.2. The molecule has 0 aromatic heterocycles. The molecular formula is C18H25N3O2. The normalized spacial score (nSPS) is 19.0. The zero-order valence-electron chi connectivity index (χ0n) is 13.5. The Kier molecular flexibility index (Phi) is 5.16. The second kappa shape index (κ2) is 7.49. The first kappa shape index (κ1) is 15.8. The molecule has 124 valence electrons. The second-order valence-corrected chi connectivity index (χ2v) is 6.41. The van der Waals surface area contributed by atoms with E-state index < -0.39 is 0 Å². The quantitative estimate of drug-likeness (QED) is 0.924. The van der Waals surface area contributed by atoms with Crippen LogP contribution in [0.25, 0.3) is 0 Å². The number of anilines is 1. The molecule has 1 aromatic rings. The number of rotatable bonds is 4. The summed E-state index contributed by atoms with van der Waals surface area (Å²) in [5.74, 6) is 0.525. The number of likely N-dealkylation sites (tertiary alicyclic amines) is 2. The highest BCUT2D eigenvalue weighted by Crippen LogP contribution is 2.22. The lowest BCUT2D eigenvalue weighted by molar-refractivity contribution is -0.139. The van der Waals surface area contributed by atoms with Gasteiger partial charge in [-0.1, -0.05) is 18.2 Å². The Bertz CT molecular complexity index is 532. The van der Waals surface area contributed by atoms with E-state index in [4.69, 9.17) is 0 Å². The Hall–Kier alpha value is -2.04. The molecular weight excluding hydrogens is 290 g/mol. The third kappa shape index (κ3) is 4.03. The number of hydrogen-bond acceptors (Lipinski definition) is 3. The van der Waals surface area contributed by atoms with Crippen LogP contribution in [0.5, 0.6) is 0 Å². The fraction of sp³-hybridized carbons (Fsp3) is 0.556. The minimum atomic E-state index is 0.110. The first-order chi connectivity index (χ1) is 11.2. The number of para-hydroxylation sites is 1. The summed E-state index contributed by atoms with van der Waals surface area (Å²) in [5.41, 5.74) is 0.958. The average Bonchev–Trinajstić information content (AvgIpc) is 3.15. The van der Waals surface area contributed by atoms with E-state index in [1.807, 2.05) is 40.1 Å². The zero-order chi connectivity index (χ0) is 16.1. The van der Waals surface area contributed by atoms with Crippen LogP contribution in [0.2, 0.25) is 0 Å². The predicted octanol–water partition coefficient (Wildman–Crippen LogP) is 1.96. The summed E-state index contributed by atoms with van der Waals surface area (Å²) in [6.45, 7) is 3.53. The van der Waals surface area contributed by atoms with Crippen molar-refractivity contribution >= 4 is 17.5 Å². The number of amides is 2. The van der Waals surface area contributed by atoms with Crippen LogP contribution >= 0.6 is 0 Å². The van der Waals surface area contributed by atoms with Crippen molar-refractivity contribution < 1.29 is 9.59 Å². The SMILES string of the molecule is O=C(CNc1ccccc1)N1CCC(C(=O)N2CCCC2)CC1. The Morgan fingerprint density at radius 1 is 0.957 bits per heavy atom. The maximum atomic E-state index is 12.4. The molecule has 5 heteroatoms. The van der Waals surface area contributed by atoms with E-state index in [-0.39, 0.29) is 11.8 Å². The molecule has 0 bridgehead atoms. The van der Waals surface area contributed by atoms with Gasteiger partial charge in [0.05, 0.1) is 6.54 Å². The van der Waals surface area contributed by atoms with Gasteiger partial charge < -0.3 is 15.1 Å². The molecule has 2 aliphatic rings. The van der Waals surface area contributed by atoms with Crippen LogP contribution in [0.4, 0.5) is 5.69 Å². The standard InChI is InChI=1S/C18H25N3O2/c22-17(14-19-16-6-2-1-3-7-16)20-12-8-15(9-13-20)18(23)21-10-4-5-11-21/h1-3,6-7,15,19H,4-5,8-14H2. The predicted molar refractivity (Wildman–Crippen MR) is 90.0 cm³/mol. The molecule has 2 saturated heterocycles. The van der Waals surface area contributed by atoms with Gasteiger partial charge in [0.1, 0.15) is 0 Å². The number of nitrogens with one attached hydrogen (secondary N) is 1. The first-order valence-electron chi connectivity index (χ1n) is 8.59. The van der Waals surface area contributed by atoms with Gasteiger partial charge in [-0.3, -0.25) is 9.59 Å². The summed E-state index contributed by atoms with van der Waals surface area (Å²) in [7, 11) is 0. The van der Waals surface area contributed by atoms with E-state index in [1.165, 1.54) is 0 Å². The molecule has 0 radical (unpaired) electrons. The van der Waals surface area contributed by atoms with Gasteiger partial charge in [0.25, 0.3) is 0 Å². The minimum absolute atomic E-state index is 0.110. The van der Waals surface area contributed by atoms with Crippen molar-refractivity contribution in [3.63, 3.8) is 0 Å². The van der Waals surface area contributed by atoms with Crippen LogP contribution in [0.15, 0.2) is 30.3 Å². The molecule has 23 heavy (non-hydrogen) atoms. The van der Waals surface area contributed by atoms with Gasteiger partial charge in [0.15, 0.2) is 0 Å². The van der Waals surface area contributed by atoms with Crippen molar-refractivity contribution in [3.8, 4) is 0 Å². The van der Waals surface area contributed by atoms with Crippen LogP contribution in [0, 0.1) is 5.92 Å². The molecule has 1 N–H and O–H groups in total. The van der Waals surface area contributed by atoms with Gasteiger partial charge in [-0.05, 0) is 37.8 Å². The molecule has 2 amide bonds. The lowest BCUT2D eigenvalue weighted by Gasteiger charge is -2.33. The third-order valence-corrected chi connectivity index (χ3v) is 4.83. The number of carbonyl (C=O) groups excluding carboxylic acids is 2. The molecule has 0 spiro atoms. The van der Waals surface area contributed by atoms with Crippen molar-refractivity contribution in [3.05, 3.63) is 30.3 Å². The summed E-state index contributed by atoms with van der Waals surface area (Å²) in [6, 6.07) is 9.75. The monoisotopic (exact) mass is 315 g/mol. The molecule has 2 heterocycles. The molecule has 0 saturated carbocycles. The summed E-state index contributed by atoms with van der Waals surface area (Å²) in [5, 5.41) is 3.15. The van der Waals surface area contributed by atoms with E-state index in [0.29, 0.717) is 25.5 Å². The first-order valence-corrected chi connectivity index (χ1v) is 8.59. The third-order valence-electron chi connectivity index (χ3n) is 4.83. The second-order valence-electron chi connectivity index (χ2n) is 6.41. The van der Waals surface area contributed by atoms with Gasteiger partial charge in [-0.25, -0.2) is 0 Å². The van der Waals surface area contributed by atoms with Gasteiger partial charge in [0, 0.05) is 37.8 Å². The summed E-state index contributed by atoms with van der Waals surface area (Å²) < 4.78 is 0. The molecule has 0 aliphatic carbocycles. The van der Waals surface area contributed by atoms with Crippen LogP contribution in [-0.2, 0) is 9.59 Å². The van der Waals surface area contributed by atoms with Crippen LogP contribution in [0.3, 0.4) is 0 Å². The van der Waals surface area contributed by atoms with Crippen LogP contribution < -0.4 is 5.32 Å². The van der Waals surface area contributed by atoms with Crippen LogP contribution in [0.1, 0.15) is 25.7 Å². The minimum Gasteiger partial charge on any atom is -0.376 e. The van der Waals surface area contributed by atoms with Crippen molar-refractivity contribution in [1.29, 1.82) is 0 Å². The fourth-order valence-corrected chi connectivity index (χ4v) is 3.42. The topological polar surface area (TPSA) is 52.7 Å². The van der Waals surface area contributed by atoms with E-state index in [2.05, 4.69) is 5.32 Å². The summed E-state index contributed by atoms with van der Waals surface area (Å²) in [6.07, 6.45) is 3.86.